The molecule has 1 fully saturated rings. The van der Waals surface area contributed by atoms with Crippen molar-refractivity contribution in [2.75, 3.05) is 13.2 Å². The lowest BCUT2D eigenvalue weighted by Gasteiger charge is -2.32. The van der Waals surface area contributed by atoms with Gasteiger partial charge >= 0.3 is 0 Å². The largest absolute Gasteiger partial charge is 0.394 e. The third-order valence-corrected chi connectivity index (χ3v) is 5.49. The van der Waals surface area contributed by atoms with Gasteiger partial charge < -0.3 is 5.11 Å². The molecule has 1 aliphatic heterocycles. The van der Waals surface area contributed by atoms with Crippen LogP contribution in [0.25, 0.3) is 0 Å². The summed E-state index contributed by atoms with van der Waals surface area (Å²) in [5.74, 6) is -0.472. The lowest BCUT2D eigenvalue weighted by molar-refractivity contribution is 0.137. The van der Waals surface area contributed by atoms with E-state index in [9.17, 15) is 17.9 Å². The molecule has 1 saturated heterocycles. The molecule has 0 saturated carbocycles. The standard InChI is InChI=1S/C12H16FNO3S/c1-12(9-15)7-2-8-14(12)18(16,17)11-5-3-10(13)4-6-11/h3-6,15H,2,7-9H2,1H3/t12-/m1/s1. The first-order valence-electron chi connectivity index (χ1n) is 5.79. The van der Waals surface area contributed by atoms with Crippen LogP contribution in [0.3, 0.4) is 0 Å². The first-order valence-corrected chi connectivity index (χ1v) is 7.23. The zero-order valence-electron chi connectivity index (χ0n) is 10.1. The highest BCUT2D eigenvalue weighted by atomic mass is 32.2. The molecule has 1 aliphatic rings. The number of halogens is 1. The molecule has 18 heavy (non-hydrogen) atoms. The summed E-state index contributed by atoms with van der Waals surface area (Å²) in [6.45, 7) is 1.89. The Balaban J connectivity index is 2.40. The van der Waals surface area contributed by atoms with E-state index in [2.05, 4.69) is 0 Å². The highest BCUT2D eigenvalue weighted by Gasteiger charge is 2.43. The molecule has 0 spiro atoms. The van der Waals surface area contributed by atoms with Crippen LogP contribution >= 0.6 is 0 Å². The predicted octanol–water partition coefficient (Wildman–Crippen LogP) is 1.36. The van der Waals surface area contributed by atoms with Crippen molar-refractivity contribution in [3.63, 3.8) is 0 Å². The Morgan fingerprint density at radius 1 is 1.39 bits per heavy atom. The summed E-state index contributed by atoms with van der Waals surface area (Å²) in [6.07, 6.45) is 1.35. The molecule has 0 aromatic heterocycles. The van der Waals surface area contributed by atoms with E-state index in [1.165, 1.54) is 16.4 Å². The number of aliphatic hydroxyl groups is 1. The van der Waals surface area contributed by atoms with Crippen molar-refractivity contribution < 1.29 is 17.9 Å². The van der Waals surface area contributed by atoms with Gasteiger partial charge in [-0.3, -0.25) is 0 Å². The van der Waals surface area contributed by atoms with Crippen molar-refractivity contribution in [1.29, 1.82) is 0 Å². The van der Waals surface area contributed by atoms with Crippen molar-refractivity contribution in [1.82, 2.24) is 4.31 Å². The van der Waals surface area contributed by atoms with Crippen LogP contribution in [0, 0.1) is 5.82 Å². The minimum Gasteiger partial charge on any atom is -0.394 e. The smallest absolute Gasteiger partial charge is 0.243 e. The molecule has 1 N–H and O–H groups in total. The monoisotopic (exact) mass is 273 g/mol. The van der Waals surface area contributed by atoms with Crippen LogP contribution in [0.4, 0.5) is 4.39 Å². The van der Waals surface area contributed by atoms with E-state index >= 15 is 0 Å². The van der Waals surface area contributed by atoms with Gasteiger partial charge in [-0.25, -0.2) is 12.8 Å². The minimum atomic E-state index is -3.67. The molecule has 1 aromatic rings. The van der Waals surface area contributed by atoms with E-state index in [-0.39, 0.29) is 11.5 Å². The van der Waals surface area contributed by atoms with Gasteiger partial charge in [-0.1, -0.05) is 0 Å². The second-order valence-electron chi connectivity index (χ2n) is 4.79. The van der Waals surface area contributed by atoms with Gasteiger partial charge in [-0.2, -0.15) is 4.31 Å². The maximum absolute atomic E-state index is 12.8. The van der Waals surface area contributed by atoms with Gasteiger partial charge in [0.05, 0.1) is 17.0 Å². The number of benzene rings is 1. The molecule has 1 aromatic carbocycles. The van der Waals surface area contributed by atoms with Gasteiger partial charge in [0.25, 0.3) is 0 Å². The molecule has 6 heteroatoms. The van der Waals surface area contributed by atoms with E-state index in [4.69, 9.17) is 0 Å². The van der Waals surface area contributed by atoms with Crippen LogP contribution < -0.4 is 0 Å². The van der Waals surface area contributed by atoms with Crippen molar-refractivity contribution >= 4 is 10.0 Å². The van der Waals surface area contributed by atoms with Gasteiger partial charge in [0.15, 0.2) is 0 Å². The molecule has 100 valence electrons. The average molecular weight is 273 g/mol. The second kappa shape index (κ2) is 4.60. The Kier molecular flexibility index (Phi) is 3.44. The lowest BCUT2D eigenvalue weighted by Crippen LogP contribution is -2.47. The fourth-order valence-corrected chi connectivity index (χ4v) is 4.13. The van der Waals surface area contributed by atoms with Crippen LogP contribution in [0.1, 0.15) is 19.8 Å². The van der Waals surface area contributed by atoms with E-state index in [1.54, 1.807) is 6.92 Å². The molecular formula is C12H16FNO3S. The maximum atomic E-state index is 12.8. The van der Waals surface area contributed by atoms with E-state index in [0.29, 0.717) is 13.0 Å². The number of sulfonamides is 1. The average Bonchev–Trinajstić information content (AvgIpc) is 2.73. The quantitative estimate of drug-likeness (QED) is 0.904. The highest BCUT2D eigenvalue weighted by molar-refractivity contribution is 7.89. The molecule has 0 radical (unpaired) electrons. The summed E-state index contributed by atoms with van der Waals surface area (Å²) in [5, 5.41) is 9.38. The van der Waals surface area contributed by atoms with Gasteiger partial charge in [-0.05, 0) is 44.0 Å². The van der Waals surface area contributed by atoms with Gasteiger partial charge in [0.1, 0.15) is 5.82 Å². The molecule has 4 nitrogen and oxygen atoms in total. The summed E-state index contributed by atoms with van der Waals surface area (Å²) in [7, 11) is -3.67. The van der Waals surface area contributed by atoms with Crippen LogP contribution in [0.15, 0.2) is 29.2 Å². The first-order chi connectivity index (χ1) is 8.40. The minimum absolute atomic E-state index is 0.0606. The summed E-state index contributed by atoms with van der Waals surface area (Å²) in [4.78, 5) is 0.0606. The molecule has 0 bridgehead atoms. The van der Waals surface area contributed by atoms with E-state index in [0.717, 1.165) is 18.6 Å². The van der Waals surface area contributed by atoms with Crippen molar-refractivity contribution in [2.45, 2.75) is 30.2 Å². The van der Waals surface area contributed by atoms with Crippen LogP contribution in [0.2, 0.25) is 0 Å². The summed E-state index contributed by atoms with van der Waals surface area (Å²) in [5.41, 5.74) is -0.757. The molecule has 0 aliphatic carbocycles. The predicted molar refractivity (Wildman–Crippen MR) is 65.0 cm³/mol. The third kappa shape index (κ3) is 2.15. The first kappa shape index (κ1) is 13.5. The van der Waals surface area contributed by atoms with Crippen LogP contribution in [0.5, 0.6) is 0 Å². The number of hydrogen-bond donors (Lipinski definition) is 1. The molecule has 0 amide bonds. The second-order valence-corrected chi connectivity index (χ2v) is 6.65. The Morgan fingerprint density at radius 3 is 2.56 bits per heavy atom. The van der Waals surface area contributed by atoms with Gasteiger partial charge in [0.2, 0.25) is 10.0 Å². The Morgan fingerprint density at radius 2 is 2.00 bits per heavy atom. The van der Waals surface area contributed by atoms with Crippen LogP contribution in [-0.4, -0.2) is 36.5 Å². The van der Waals surface area contributed by atoms with Crippen LogP contribution in [-0.2, 0) is 10.0 Å². The maximum Gasteiger partial charge on any atom is 0.243 e. The molecule has 1 atom stereocenters. The van der Waals surface area contributed by atoms with Crippen molar-refractivity contribution in [2.24, 2.45) is 0 Å². The van der Waals surface area contributed by atoms with Crippen molar-refractivity contribution in [3.05, 3.63) is 30.1 Å². The number of aliphatic hydroxyl groups excluding tert-OH is 1. The number of hydrogen-bond acceptors (Lipinski definition) is 3. The third-order valence-electron chi connectivity index (χ3n) is 3.42. The fraction of sp³-hybridized carbons (Fsp3) is 0.500. The number of nitrogens with zero attached hydrogens (tertiary/aromatic N) is 1. The van der Waals surface area contributed by atoms with Gasteiger partial charge in [-0.15, -0.1) is 0 Å². The SMILES string of the molecule is C[C@]1(CO)CCCN1S(=O)(=O)c1ccc(F)cc1. The summed E-state index contributed by atoms with van der Waals surface area (Å²) in [6, 6.07) is 4.75. The molecule has 2 rings (SSSR count). The summed E-state index contributed by atoms with van der Waals surface area (Å²) < 4.78 is 39.0. The zero-order chi connectivity index (χ0) is 13.4. The number of rotatable bonds is 3. The summed E-state index contributed by atoms with van der Waals surface area (Å²) >= 11 is 0. The van der Waals surface area contributed by atoms with E-state index < -0.39 is 21.4 Å². The fourth-order valence-electron chi connectivity index (χ4n) is 2.30. The molecular weight excluding hydrogens is 257 g/mol. The highest BCUT2D eigenvalue weighted by Crippen LogP contribution is 2.33. The zero-order valence-corrected chi connectivity index (χ0v) is 11.0. The topological polar surface area (TPSA) is 57.6 Å². The molecule has 0 unspecified atom stereocenters. The Hall–Kier alpha value is -0.980. The lowest BCUT2D eigenvalue weighted by atomic mass is 10.0. The normalized spacial score (nSPS) is 25.5. The molecule has 1 heterocycles. The van der Waals surface area contributed by atoms with Crippen molar-refractivity contribution in [3.8, 4) is 0 Å². The Bertz CT molecular complexity index is 529. The van der Waals surface area contributed by atoms with E-state index in [1.807, 2.05) is 0 Å². The van der Waals surface area contributed by atoms with Gasteiger partial charge in [0, 0.05) is 6.54 Å². The Labute approximate surface area is 106 Å².